The number of allylic oxidation sites excluding steroid dienone is 1. The van der Waals surface area contributed by atoms with E-state index >= 15 is 0 Å². The molecular formula is C13H21NO7P2. The third kappa shape index (κ3) is 7.90. The van der Waals surface area contributed by atoms with Gasteiger partial charge in [0.25, 0.3) is 0 Å². The molecule has 0 amide bonds. The standard InChI is InChI=1S/C13H21NO7P2/c1-3-11(2)21-13-6-4-12(5-7-13)8-9-14(23(18,19)20)10-22(15,16)17/h4-7H,2-3,8-10H2,1H3,(H2,15,16,17)(H2,18,19,20). The minimum atomic E-state index is -4.74. The highest BCUT2D eigenvalue weighted by Gasteiger charge is 2.31. The van der Waals surface area contributed by atoms with E-state index in [2.05, 4.69) is 6.58 Å². The van der Waals surface area contributed by atoms with Gasteiger partial charge in [0, 0.05) is 13.0 Å². The Balaban J connectivity index is 2.69. The smallest absolute Gasteiger partial charge is 0.403 e. The average molecular weight is 365 g/mol. The SMILES string of the molecule is C=C(CC)Oc1ccc(CCN(CP(=O)(O)O)P(=O)(O)O)cc1. The summed E-state index contributed by atoms with van der Waals surface area (Å²) in [6.07, 6.45) is -0.0870. The van der Waals surface area contributed by atoms with Crippen molar-refractivity contribution in [2.45, 2.75) is 19.8 Å². The van der Waals surface area contributed by atoms with Gasteiger partial charge in [-0.15, -0.1) is 0 Å². The Morgan fingerprint density at radius 1 is 1.17 bits per heavy atom. The zero-order chi connectivity index (χ0) is 17.7. The van der Waals surface area contributed by atoms with E-state index in [4.69, 9.17) is 24.3 Å². The van der Waals surface area contributed by atoms with Gasteiger partial charge in [0.1, 0.15) is 12.0 Å². The van der Waals surface area contributed by atoms with E-state index in [1.165, 1.54) is 0 Å². The predicted molar refractivity (Wildman–Crippen MR) is 85.9 cm³/mol. The number of hydrogen-bond donors (Lipinski definition) is 4. The summed E-state index contributed by atoms with van der Waals surface area (Å²) in [5, 5.41) is 0. The van der Waals surface area contributed by atoms with Gasteiger partial charge in [0.2, 0.25) is 0 Å². The van der Waals surface area contributed by atoms with E-state index in [1.807, 2.05) is 6.92 Å². The van der Waals surface area contributed by atoms with E-state index in [0.717, 1.165) is 5.56 Å². The van der Waals surface area contributed by atoms with E-state index in [-0.39, 0.29) is 13.0 Å². The molecule has 0 fully saturated rings. The van der Waals surface area contributed by atoms with Crippen molar-refractivity contribution in [1.29, 1.82) is 0 Å². The summed E-state index contributed by atoms with van der Waals surface area (Å²) in [4.78, 5) is 36.1. The van der Waals surface area contributed by atoms with Crippen molar-refractivity contribution >= 4 is 15.3 Å². The van der Waals surface area contributed by atoms with Crippen LogP contribution in [0.3, 0.4) is 0 Å². The second-order valence-electron chi connectivity index (χ2n) is 4.94. The molecule has 0 bridgehead atoms. The van der Waals surface area contributed by atoms with Gasteiger partial charge < -0.3 is 24.3 Å². The summed E-state index contributed by atoms with van der Waals surface area (Å²) in [7, 11) is -9.30. The summed E-state index contributed by atoms with van der Waals surface area (Å²) < 4.78 is 28.2. The summed E-state index contributed by atoms with van der Waals surface area (Å²) in [6, 6.07) is 6.82. The molecule has 0 aliphatic rings. The van der Waals surface area contributed by atoms with Gasteiger partial charge in [0.15, 0.2) is 0 Å². The fourth-order valence-corrected chi connectivity index (χ4v) is 3.80. The van der Waals surface area contributed by atoms with Crippen LogP contribution < -0.4 is 4.74 Å². The highest BCUT2D eigenvalue weighted by atomic mass is 31.2. The quantitative estimate of drug-likeness (QED) is 0.387. The Labute approximate surface area is 134 Å². The van der Waals surface area contributed by atoms with E-state index in [0.29, 0.717) is 22.6 Å². The lowest BCUT2D eigenvalue weighted by atomic mass is 10.1. The minimum Gasteiger partial charge on any atom is -0.462 e. The number of hydrogen-bond acceptors (Lipinski definition) is 3. The van der Waals surface area contributed by atoms with Crippen LogP contribution in [0.25, 0.3) is 0 Å². The lowest BCUT2D eigenvalue weighted by Crippen LogP contribution is -2.24. The van der Waals surface area contributed by atoms with Crippen molar-refractivity contribution in [2.24, 2.45) is 0 Å². The molecule has 23 heavy (non-hydrogen) atoms. The molecule has 10 heteroatoms. The van der Waals surface area contributed by atoms with Crippen LogP contribution in [-0.2, 0) is 15.6 Å². The normalized spacial score (nSPS) is 12.4. The molecule has 0 unspecified atom stereocenters. The third-order valence-electron chi connectivity index (χ3n) is 2.95. The predicted octanol–water partition coefficient (Wildman–Crippen LogP) is 2.06. The number of rotatable bonds is 9. The van der Waals surface area contributed by atoms with Crippen LogP contribution in [0.4, 0.5) is 0 Å². The van der Waals surface area contributed by atoms with Crippen LogP contribution in [-0.4, -0.2) is 37.1 Å². The summed E-state index contributed by atoms with van der Waals surface area (Å²) in [6.45, 7) is 5.45. The molecule has 0 saturated carbocycles. The zero-order valence-corrected chi connectivity index (χ0v) is 14.5. The molecule has 130 valence electrons. The van der Waals surface area contributed by atoms with Gasteiger partial charge >= 0.3 is 15.3 Å². The van der Waals surface area contributed by atoms with Crippen molar-refractivity contribution in [1.82, 2.24) is 4.67 Å². The lowest BCUT2D eigenvalue weighted by molar-refractivity contribution is 0.270. The Kier molecular flexibility index (Phi) is 7.17. The van der Waals surface area contributed by atoms with Crippen molar-refractivity contribution in [3.05, 3.63) is 42.2 Å². The second kappa shape index (κ2) is 8.22. The molecule has 8 nitrogen and oxygen atoms in total. The monoisotopic (exact) mass is 365 g/mol. The van der Waals surface area contributed by atoms with Crippen LogP contribution in [0.5, 0.6) is 5.75 Å². The van der Waals surface area contributed by atoms with Crippen molar-refractivity contribution < 1.29 is 33.4 Å². The maximum atomic E-state index is 11.3. The molecule has 1 aromatic carbocycles. The van der Waals surface area contributed by atoms with E-state index < -0.39 is 21.6 Å². The summed E-state index contributed by atoms with van der Waals surface area (Å²) >= 11 is 0. The molecule has 4 N–H and O–H groups in total. The Hall–Kier alpha value is -0.980. The summed E-state index contributed by atoms with van der Waals surface area (Å²) in [5.74, 6) is 1.22. The molecule has 0 heterocycles. The van der Waals surface area contributed by atoms with Crippen molar-refractivity contribution in [2.75, 3.05) is 12.8 Å². The topological polar surface area (TPSA) is 128 Å². The second-order valence-corrected chi connectivity index (χ2v) is 8.14. The first-order valence-corrected chi connectivity index (χ1v) is 10.2. The first-order valence-electron chi connectivity index (χ1n) is 6.81. The molecule has 0 aliphatic heterocycles. The van der Waals surface area contributed by atoms with E-state index in [9.17, 15) is 9.13 Å². The number of benzene rings is 1. The molecule has 1 aromatic rings. The van der Waals surface area contributed by atoms with Crippen LogP contribution in [0.15, 0.2) is 36.6 Å². The van der Waals surface area contributed by atoms with Gasteiger partial charge in [-0.2, -0.15) is 4.67 Å². The van der Waals surface area contributed by atoms with Gasteiger partial charge in [0.05, 0.1) is 5.76 Å². The highest BCUT2D eigenvalue weighted by molar-refractivity contribution is 7.54. The molecular weight excluding hydrogens is 344 g/mol. The third-order valence-corrected chi connectivity index (χ3v) is 4.97. The fourth-order valence-electron chi connectivity index (χ4n) is 1.72. The highest BCUT2D eigenvalue weighted by Crippen LogP contribution is 2.47. The Morgan fingerprint density at radius 3 is 2.17 bits per heavy atom. The van der Waals surface area contributed by atoms with Gasteiger partial charge in [-0.25, -0.2) is 4.57 Å². The van der Waals surface area contributed by atoms with Crippen LogP contribution >= 0.6 is 15.3 Å². The maximum absolute atomic E-state index is 11.3. The molecule has 0 radical (unpaired) electrons. The zero-order valence-electron chi connectivity index (χ0n) is 12.7. The van der Waals surface area contributed by atoms with Crippen LogP contribution in [0.1, 0.15) is 18.9 Å². The molecule has 0 aromatic heterocycles. The fraction of sp³-hybridized carbons (Fsp3) is 0.385. The van der Waals surface area contributed by atoms with Crippen LogP contribution in [0.2, 0.25) is 0 Å². The first kappa shape index (κ1) is 20.1. The lowest BCUT2D eigenvalue weighted by Gasteiger charge is -2.23. The largest absolute Gasteiger partial charge is 0.462 e. The Morgan fingerprint density at radius 2 is 1.74 bits per heavy atom. The molecule has 0 aliphatic carbocycles. The molecule has 0 atom stereocenters. The molecule has 0 spiro atoms. The number of nitrogens with zero attached hydrogens (tertiary/aromatic N) is 1. The van der Waals surface area contributed by atoms with Crippen molar-refractivity contribution in [3.8, 4) is 5.75 Å². The van der Waals surface area contributed by atoms with Gasteiger partial charge in [-0.1, -0.05) is 25.6 Å². The van der Waals surface area contributed by atoms with Crippen LogP contribution in [0, 0.1) is 0 Å². The van der Waals surface area contributed by atoms with Gasteiger partial charge in [-0.05, 0) is 24.1 Å². The first-order chi connectivity index (χ1) is 10.5. The Bertz CT molecular complexity index is 620. The average Bonchev–Trinajstić information content (AvgIpc) is 2.42. The molecule has 1 rings (SSSR count). The van der Waals surface area contributed by atoms with E-state index in [1.54, 1.807) is 24.3 Å². The van der Waals surface area contributed by atoms with Gasteiger partial charge in [-0.3, -0.25) is 4.57 Å². The summed E-state index contributed by atoms with van der Waals surface area (Å²) in [5.41, 5.74) is 0.753. The van der Waals surface area contributed by atoms with Crippen molar-refractivity contribution in [3.63, 3.8) is 0 Å². The number of ether oxygens (including phenoxy) is 1. The minimum absolute atomic E-state index is 0.183. The maximum Gasteiger partial charge on any atom is 0.403 e. The molecule has 0 saturated heterocycles.